The molecule has 0 unspecified atom stereocenters. The summed E-state index contributed by atoms with van der Waals surface area (Å²) in [5.74, 6) is -2.30. The molecule has 0 spiro atoms. The summed E-state index contributed by atoms with van der Waals surface area (Å²) in [4.78, 5) is 12.4. The summed E-state index contributed by atoms with van der Waals surface area (Å²) in [5, 5.41) is 6.19. The lowest BCUT2D eigenvalue weighted by atomic mass is 10.1. The van der Waals surface area contributed by atoms with Crippen LogP contribution in [0.25, 0.3) is 0 Å². The SMILES string of the molecule is CC(C)c1nnsc1C(=O)Nc1c(N)cc(F)cc1F. The first-order valence-electron chi connectivity index (χ1n) is 5.78. The van der Waals surface area contributed by atoms with Crippen LogP contribution in [-0.2, 0) is 0 Å². The van der Waals surface area contributed by atoms with Crippen LogP contribution in [0.4, 0.5) is 20.2 Å². The Morgan fingerprint density at radius 3 is 2.70 bits per heavy atom. The van der Waals surface area contributed by atoms with Crippen molar-refractivity contribution in [3.8, 4) is 0 Å². The number of nitrogens with zero attached hydrogens (tertiary/aromatic N) is 2. The number of nitrogens with two attached hydrogens (primary N) is 1. The van der Waals surface area contributed by atoms with E-state index in [-0.39, 0.29) is 22.2 Å². The van der Waals surface area contributed by atoms with E-state index in [1.807, 2.05) is 13.8 Å². The minimum atomic E-state index is -0.931. The summed E-state index contributed by atoms with van der Waals surface area (Å²) in [6.45, 7) is 3.72. The van der Waals surface area contributed by atoms with Crippen LogP contribution in [0.1, 0.15) is 35.1 Å². The van der Waals surface area contributed by atoms with Crippen LogP contribution in [0, 0.1) is 11.6 Å². The largest absolute Gasteiger partial charge is 0.397 e. The Labute approximate surface area is 118 Å². The summed E-state index contributed by atoms with van der Waals surface area (Å²) in [5.41, 5.74) is 5.59. The van der Waals surface area contributed by atoms with Gasteiger partial charge in [-0.3, -0.25) is 4.79 Å². The topological polar surface area (TPSA) is 80.9 Å². The van der Waals surface area contributed by atoms with E-state index in [1.54, 1.807) is 0 Å². The highest BCUT2D eigenvalue weighted by Gasteiger charge is 2.21. The molecule has 1 amide bonds. The molecule has 2 aromatic rings. The summed E-state index contributed by atoms with van der Waals surface area (Å²) >= 11 is 0.910. The standard InChI is InChI=1S/C12H12F2N4OS/c1-5(2)9-11(20-18-17-9)12(19)16-10-7(14)3-6(13)4-8(10)15/h3-5H,15H2,1-2H3,(H,16,19). The molecule has 0 saturated heterocycles. The molecule has 3 N–H and O–H groups in total. The van der Waals surface area contributed by atoms with E-state index in [0.29, 0.717) is 11.8 Å². The number of nitrogen functional groups attached to an aromatic ring is 1. The molecule has 0 aliphatic carbocycles. The minimum absolute atomic E-state index is 0.00455. The maximum Gasteiger partial charge on any atom is 0.269 e. The second-order valence-corrected chi connectivity index (χ2v) is 5.20. The maximum atomic E-state index is 13.6. The quantitative estimate of drug-likeness (QED) is 0.854. The van der Waals surface area contributed by atoms with E-state index >= 15 is 0 Å². The van der Waals surface area contributed by atoms with E-state index in [1.165, 1.54) is 0 Å². The van der Waals surface area contributed by atoms with Crippen LogP contribution in [0.3, 0.4) is 0 Å². The third kappa shape index (κ3) is 2.74. The summed E-state index contributed by atoms with van der Waals surface area (Å²) < 4.78 is 30.3. The molecule has 0 aliphatic rings. The molecule has 0 atom stereocenters. The van der Waals surface area contributed by atoms with Crippen LogP contribution >= 0.6 is 11.5 Å². The van der Waals surface area contributed by atoms with Crippen molar-refractivity contribution in [3.05, 3.63) is 34.3 Å². The third-order valence-electron chi connectivity index (χ3n) is 2.59. The van der Waals surface area contributed by atoms with Gasteiger partial charge in [0.1, 0.15) is 16.4 Å². The van der Waals surface area contributed by atoms with E-state index in [4.69, 9.17) is 5.73 Å². The van der Waals surface area contributed by atoms with Gasteiger partial charge in [0.2, 0.25) is 0 Å². The molecule has 5 nitrogen and oxygen atoms in total. The number of carbonyl (C=O) groups excluding carboxylic acids is 1. The lowest BCUT2D eigenvalue weighted by molar-refractivity contribution is 0.102. The van der Waals surface area contributed by atoms with Gasteiger partial charge in [-0.05, 0) is 23.5 Å². The first-order chi connectivity index (χ1) is 9.40. The molecule has 0 aliphatic heterocycles. The molecule has 20 heavy (non-hydrogen) atoms. The highest BCUT2D eigenvalue weighted by molar-refractivity contribution is 7.08. The number of hydrogen-bond acceptors (Lipinski definition) is 5. The highest BCUT2D eigenvalue weighted by Crippen LogP contribution is 2.26. The lowest BCUT2D eigenvalue weighted by Gasteiger charge is -2.09. The molecule has 0 bridgehead atoms. The van der Waals surface area contributed by atoms with E-state index in [0.717, 1.165) is 17.6 Å². The number of amides is 1. The number of nitrogens with one attached hydrogen (secondary N) is 1. The van der Waals surface area contributed by atoms with Gasteiger partial charge in [-0.25, -0.2) is 8.78 Å². The number of rotatable bonds is 3. The Bertz CT molecular complexity index is 634. The van der Waals surface area contributed by atoms with Gasteiger partial charge in [0.15, 0.2) is 5.82 Å². The first-order valence-corrected chi connectivity index (χ1v) is 6.55. The predicted molar refractivity (Wildman–Crippen MR) is 72.7 cm³/mol. The van der Waals surface area contributed by atoms with Crippen molar-refractivity contribution in [1.29, 1.82) is 0 Å². The van der Waals surface area contributed by atoms with Gasteiger partial charge in [-0.1, -0.05) is 18.3 Å². The van der Waals surface area contributed by atoms with Gasteiger partial charge in [0.05, 0.1) is 11.4 Å². The molecule has 0 fully saturated rings. The van der Waals surface area contributed by atoms with Crippen molar-refractivity contribution in [3.63, 3.8) is 0 Å². The molecule has 1 heterocycles. The lowest BCUT2D eigenvalue weighted by Crippen LogP contribution is -2.15. The zero-order chi connectivity index (χ0) is 14.9. The average Bonchev–Trinajstić information content (AvgIpc) is 2.82. The molecule has 106 valence electrons. The Balaban J connectivity index is 2.31. The first kappa shape index (κ1) is 14.3. The summed E-state index contributed by atoms with van der Waals surface area (Å²) in [6.07, 6.45) is 0. The number of halogens is 2. The van der Waals surface area contributed by atoms with Gasteiger partial charge in [-0.2, -0.15) is 0 Å². The Morgan fingerprint density at radius 2 is 2.10 bits per heavy atom. The second-order valence-electron chi connectivity index (χ2n) is 4.45. The third-order valence-corrected chi connectivity index (χ3v) is 3.33. The van der Waals surface area contributed by atoms with Crippen molar-refractivity contribution in [2.45, 2.75) is 19.8 Å². The van der Waals surface area contributed by atoms with Gasteiger partial charge in [0.25, 0.3) is 5.91 Å². The Kier molecular flexibility index (Phi) is 3.93. The van der Waals surface area contributed by atoms with Gasteiger partial charge in [-0.15, -0.1) is 5.10 Å². The summed E-state index contributed by atoms with van der Waals surface area (Å²) in [6, 6.07) is 1.59. The molecule has 8 heteroatoms. The monoisotopic (exact) mass is 298 g/mol. The molecule has 1 aromatic carbocycles. The zero-order valence-corrected chi connectivity index (χ0v) is 11.6. The highest BCUT2D eigenvalue weighted by atomic mass is 32.1. The van der Waals surface area contributed by atoms with Crippen LogP contribution in [0.5, 0.6) is 0 Å². The van der Waals surface area contributed by atoms with Crippen molar-refractivity contribution in [2.24, 2.45) is 0 Å². The molecule has 0 saturated carbocycles. The van der Waals surface area contributed by atoms with Crippen LogP contribution in [0.15, 0.2) is 12.1 Å². The smallest absolute Gasteiger partial charge is 0.269 e. The molecule has 0 radical (unpaired) electrons. The number of anilines is 2. The van der Waals surface area contributed by atoms with Gasteiger partial charge >= 0.3 is 0 Å². The molecule has 1 aromatic heterocycles. The fourth-order valence-electron chi connectivity index (χ4n) is 1.63. The second kappa shape index (κ2) is 5.49. The average molecular weight is 298 g/mol. The number of aromatic nitrogens is 2. The fraction of sp³-hybridized carbons (Fsp3) is 0.250. The van der Waals surface area contributed by atoms with E-state index < -0.39 is 17.5 Å². The van der Waals surface area contributed by atoms with Crippen LogP contribution in [-0.4, -0.2) is 15.5 Å². The van der Waals surface area contributed by atoms with Crippen molar-refractivity contribution in [2.75, 3.05) is 11.1 Å². The van der Waals surface area contributed by atoms with Crippen LogP contribution < -0.4 is 11.1 Å². The predicted octanol–water partition coefficient (Wildman–Crippen LogP) is 2.77. The van der Waals surface area contributed by atoms with E-state index in [2.05, 4.69) is 14.9 Å². The minimum Gasteiger partial charge on any atom is -0.397 e. The van der Waals surface area contributed by atoms with Crippen molar-refractivity contribution >= 4 is 28.8 Å². The van der Waals surface area contributed by atoms with Crippen molar-refractivity contribution < 1.29 is 13.6 Å². The van der Waals surface area contributed by atoms with E-state index in [9.17, 15) is 13.6 Å². The summed E-state index contributed by atoms with van der Waals surface area (Å²) in [7, 11) is 0. The van der Waals surface area contributed by atoms with Crippen molar-refractivity contribution in [1.82, 2.24) is 9.59 Å². The molecule has 2 rings (SSSR count). The zero-order valence-electron chi connectivity index (χ0n) is 10.8. The van der Waals surface area contributed by atoms with Gasteiger partial charge in [0, 0.05) is 6.07 Å². The Hall–Kier alpha value is -2.09. The molecular weight excluding hydrogens is 286 g/mol. The fourth-order valence-corrected chi connectivity index (χ4v) is 2.34. The normalized spacial score (nSPS) is 10.8. The number of benzene rings is 1. The maximum absolute atomic E-state index is 13.6. The van der Waals surface area contributed by atoms with Gasteiger partial charge < -0.3 is 11.1 Å². The molecular formula is C12H12F2N4OS. The van der Waals surface area contributed by atoms with Crippen LogP contribution in [0.2, 0.25) is 0 Å². The Morgan fingerprint density at radius 1 is 1.40 bits per heavy atom. The number of hydrogen-bond donors (Lipinski definition) is 2. The number of carbonyl (C=O) groups is 1.